The second-order valence-corrected chi connectivity index (χ2v) is 1.49. The van der Waals surface area contributed by atoms with Crippen LogP contribution in [0.15, 0.2) is 0 Å². The Morgan fingerprint density at radius 1 is 2.00 bits per heavy atom. The molecule has 0 aliphatic heterocycles. The number of hydrogen-bond donors (Lipinski definition) is 3. The molecule has 0 fully saturated rings. The van der Waals surface area contributed by atoms with Crippen molar-refractivity contribution in [3.05, 3.63) is 0 Å². The van der Waals surface area contributed by atoms with E-state index in [-0.39, 0.29) is 5.75 Å². The van der Waals surface area contributed by atoms with E-state index in [2.05, 4.69) is 12.6 Å². The third-order valence-corrected chi connectivity index (χ3v) is 0.907. The van der Waals surface area contributed by atoms with Gasteiger partial charge in [0.1, 0.15) is 6.04 Å². The normalized spacial score (nSPS) is 13.4. The second-order valence-electron chi connectivity index (χ2n) is 1.13. The monoisotopic (exact) mass is 124 g/mol. The Hall–Kier alpha value is -0.220. The molecule has 0 aliphatic carbocycles. The van der Waals surface area contributed by atoms with Gasteiger partial charge in [-0.1, -0.05) is 0 Å². The number of thiol groups is 1. The van der Waals surface area contributed by atoms with Crippen molar-refractivity contribution in [2.75, 3.05) is 5.75 Å². The van der Waals surface area contributed by atoms with Gasteiger partial charge in [-0.05, 0) is 0 Å². The first kappa shape index (κ1) is 6.78. The molecule has 0 unspecified atom stereocenters. The SMILES string of the molecule is N[13C@@H]([13CH2]S)[13C](=O)O. The Morgan fingerprint density at radius 2 is 2.43 bits per heavy atom. The van der Waals surface area contributed by atoms with Gasteiger partial charge in [0.15, 0.2) is 0 Å². The molecular weight excluding hydrogens is 117 g/mol. The first-order valence-electron chi connectivity index (χ1n) is 1.77. The van der Waals surface area contributed by atoms with Crippen LogP contribution in [0, 0.1) is 0 Å². The summed E-state index contributed by atoms with van der Waals surface area (Å²) in [6.07, 6.45) is 0. The van der Waals surface area contributed by atoms with Gasteiger partial charge in [-0.25, -0.2) is 0 Å². The highest BCUT2D eigenvalue weighted by Gasteiger charge is 2.06. The Bertz CT molecular complexity index is 75.3. The van der Waals surface area contributed by atoms with Crippen LogP contribution in [0.2, 0.25) is 0 Å². The van der Waals surface area contributed by atoms with E-state index in [0.717, 1.165) is 0 Å². The molecule has 0 spiro atoms. The van der Waals surface area contributed by atoms with E-state index in [1.807, 2.05) is 0 Å². The maximum absolute atomic E-state index is 9.76. The van der Waals surface area contributed by atoms with Crippen molar-refractivity contribution in [3.8, 4) is 0 Å². The fourth-order valence-corrected chi connectivity index (χ4v) is 0.234. The van der Waals surface area contributed by atoms with Crippen molar-refractivity contribution in [2.45, 2.75) is 6.04 Å². The van der Waals surface area contributed by atoms with Crippen molar-refractivity contribution in [3.63, 3.8) is 0 Å². The number of rotatable bonds is 2. The number of nitrogens with two attached hydrogens (primary N) is 1. The molecule has 3 nitrogen and oxygen atoms in total. The van der Waals surface area contributed by atoms with Gasteiger partial charge >= 0.3 is 5.97 Å². The van der Waals surface area contributed by atoms with Gasteiger partial charge in [0.05, 0.1) is 0 Å². The lowest BCUT2D eigenvalue weighted by Crippen LogP contribution is -2.31. The molecule has 0 amide bonds. The van der Waals surface area contributed by atoms with Crippen molar-refractivity contribution in [1.29, 1.82) is 0 Å². The number of carboxylic acid groups (broad SMARTS) is 1. The van der Waals surface area contributed by atoms with Crippen LogP contribution in [0.4, 0.5) is 0 Å². The molecule has 0 bridgehead atoms. The maximum Gasteiger partial charge on any atom is 0.321 e. The summed E-state index contributed by atoms with van der Waals surface area (Å²) in [4.78, 5) is 9.76. The molecule has 0 radical (unpaired) electrons. The van der Waals surface area contributed by atoms with E-state index in [0.29, 0.717) is 0 Å². The van der Waals surface area contributed by atoms with E-state index in [1.165, 1.54) is 0 Å². The molecule has 7 heavy (non-hydrogen) atoms. The Morgan fingerprint density at radius 3 is 2.43 bits per heavy atom. The van der Waals surface area contributed by atoms with Crippen LogP contribution >= 0.6 is 12.6 Å². The molecule has 3 N–H and O–H groups in total. The summed E-state index contributed by atoms with van der Waals surface area (Å²) in [5.41, 5.74) is 4.94. The smallest absolute Gasteiger partial charge is 0.321 e. The fraction of sp³-hybridized carbons (Fsp3) is 0.667. The standard InChI is InChI=1S/C3H7NO2S/c4-2(1-7)3(5)6/h2,7H,1,4H2,(H,5,6)/t2-/m0/s1/i1+1,2+1,3+1. The van der Waals surface area contributed by atoms with Gasteiger partial charge in [-0.2, -0.15) is 12.6 Å². The van der Waals surface area contributed by atoms with Crippen molar-refractivity contribution < 1.29 is 9.90 Å². The lowest BCUT2D eigenvalue weighted by atomic mass is 11.3. The summed E-state index contributed by atoms with van der Waals surface area (Å²) in [5, 5.41) is 8.01. The summed E-state index contributed by atoms with van der Waals surface area (Å²) in [7, 11) is 0. The summed E-state index contributed by atoms with van der Waals surface area (Å²) < 4.78 is 0. The Kier molecular flexibility index (Phi) is 2.78. The summed E-state index contributed by atoms with van der Waals surface area (Å²) >= 11 is 3.65. The summed E-state index contributed by atoms with van der Waals surface area (Å²) in [5.74, 6) is -0.815. The van der Waals surface area contributed by atoms with Crippen LogP contribution in [0.3, 0.4) is 0 Å². The largest absolute Gasteiger partial charge is 0.480 e. The molecule has 0 rings (SSSR count). The zero-order valence-electron chi connectivity index (χ0n) is 3.66. The summed E-state index contributed by atoms with van der Waals surface area (Å²) in [6, 6.07) is -0.816. The van der Waals surface area contributed by atoms with E-state index >= 15 is 0 Å². The van der Waals surface area contributed by atoms with Crippen LogP contribution in [0.25, 0.3) is 0 Å². The topological polar surface area (TPSA) is 63.3 Å². The van der Waals surface area contributed by atoms with Gasteiger partial charge < -0.3 is 10.8 Å². The lowest BCUT2D eigenvalue weighted by Gasteiger charge is -1.96. The highest BCUT2D eigenvalue weighted by atomic mass is 32.1. The molecule has 4 heteroatoms. The quantitative estimate of drug-likeness (QED) is 0.338. The van der Waals surface area contributed by atoms with Crippen LogP contribution in [0.5, 0.6) is 0 Å². The predicted octanol–water partition coefficient (Wildman–Crippen LogP) is -0.672. The van der Waals surface area contributed by atoms with Crippen molar-refractivity contribution in [2.24, 2.45) is 5.73 Å². The zero-order valence-corrected chi connectivity index (χ0v) is 4.56. The minimum absolute atomic E-state index is 0.190. The molecule has 1 atom stereocenters. The molecule has 0 heterocycles. The average molecular weight is 124 g/mol. The highest BCUT2D eigenvalue weighted by molar-refractivity contribution is 7.80. The lowest BCUT2D eigenvalue weighted by molar-refractivity contribution is -0.137. The van der Waals surface area contributed by atoms with E-state index in [4.69, 9.17) is 10.8 Å². The highest BCUT2D eigenvalue weighted by Crippen LogP contribution is 1.80. The number of aliphatic carboxylic acids is 1. The van der Waals surface area contributed by atoms with Crippen LogP contribution < -0.4 is 5.73 Å². The molecule has 0 aliphatic rings. The average Bonchev–Trinajstić information content (AvgIpc) is 1.65. The predicted molar refractivity (Wildman–Crippen MR) is 29.5 cm³/mol. The fourth-order valence-electron chi connectivity index (χ4n) is 0.0781. The number of hydrogen-bond acceptors (Lipinski definition) is 3. The molecular formula is C3H7NO2S. The van der Waals surface area contributed by atoms with Crippen molar-refractivity contribution >= 4 is 18.6 Å². The molecule has 0 aromatic rings. The van der Waals surface area contributed by atoms with Crippen molar-refractivity contribution in [1.82, 2.24) is 0 Å². The first-order valence-corrected chi connectivity index (χ1v) is 2.41. The van der Waals surface area contributed by atoms with Gasteiger partial charge in [0, 0.05) is 5.75 Å². The Balaban J connectivity index is 3.34. The summed E-state index contributed by atoms with van der Waals surface area (Å²) in [6.45, 7) is 0. The molecule has 42 valence electrons. The van der Waals surface area contributed by atoms with E-state index < -0.39 is 12.0 Å². The van der Waals surface area contributed by atoms with Crippen LogP contribution in [-0.2, 0) is 4.79 Å². The Labute approximate surface area is 46.9 Å². The molecule has 0 aromatic heterocycles. The van der Waals surface area contributed by atoms with Gasteiger partial charge in [-0.3, -0.25) is 4.79 Å². The van der Waals surface area contributed by atoms with Crippen LogP contribution in [0.1, 0.15) is 0 Å². The molecule has 0 aromatic carbocycles. The van der Waals surface area contributed by atoms with E-state index in [1.54, 1.807) is 0 Å². The molecule has 0 saturated carbocycles. The zero-order chi connectivity index (χ0) is 5.86. The first-order chi connectivity index (χ1) is 3.18. The third kappa shape index (κ3) is 2.47. The van der Waals surface area contributed by atoms with Gasteiger partial charge in [0.2, 0.25) is 0 Å². The second kappa shape index (κ2) is 2.87. The third-order valence-electron chi connectivity index (χ3n) is 0.514. The van der Waals surface area contributed by atoms with Crippen LogP contribution in [-0.4, -0.2) is 22.9 Å². The molecule has 0 saturated heterocycles. The number of carbonyl (C=O) groups is 1. The minimum atomic E-state index is -1.00. The van der Waals surface area contributed by atoms with Gasteiger partial charge in [0.25, 0.3) is 0 Å². The number of carboxylic acids is 1. The maximum atomic E-state index is 9.76. The van der Waals surface area contributed by atoms with Gasteiger partial charge in [-0.15, -0.1) is 0 Å². The minimum Gasteiger partial charge on any atom is -0.480 e. The van der Waals surface area contributed by atoms with E-state index in [9.17, 15) is 4.79 Å².